The molecule has 2 aliphatic rings. The molecule has 2 heterocycles. The van der Waals surface area contributed by atoms with Gasteiger partial charge in [-0.25, -0.2) is 0 Å². The van der Waals surface area contributed by atoms with E-state index in [0.717, 1.165) is 29.9 Å². The van der Waals surface area contributed by atoms with Crippen molar-refractivity contribution in [2.24, 2.45) is 0 Å². The second-order valence-corrected chi connectivity index (χ2v) is 4.35. The molecule has 0 bridgehead atoms. The molecule has 0 atom stereocenters. The lowest BCUT2D eigenvalue weighted by atomic mass is 10.0. The highest BCUT2D eigenvalue weighted by Crippen LogP contribution is 2.34. The van der Waals surface area contributed by atoms with Gasteiger partial charge in [0.15, 0.2) is 11.5 Å². The van der Waals surface area contributed by atoms with E-state index in [-0.39, 0.29) is 12.7 Å². The Labute approximate surface area is 105 Å². The van der Waals surface area contributed by atoms with Gasteiger partial charge in [0.25, 0.3) is 5.91 Å². The van der Waals surface area contributed by atoms with Crippen molar-refractivity contribution in [3.63, 3.8) is 0 Å². The van der Waals surface area contributed by atoms with E-state index in [0.29, 0.717) is 11.5 Å². The predicted octanol–water partition coefficient (Wildman–Crippen LogP) is 1.27. The second kappa shape index (κ2) is 4.34. The molecule has 1 aromatic carbocycles. The Morgan fingerprint density at radius 1 is 1.28 bits per heavy atom. The fourth-order valence-corrected chi connectivity index (χ4v) is 1.87. The highest BCUT2D eigenvalue weighted by atomic mass is 16.7. The molecule has 1 saturated heterocycles. The second-order valence-electron chi connectivity index (χ2n) is 4.35. The van der Waals surface area contributed by atoms with Gasteiger partial charge in [0.1, 0.15) is 0 Å². The van der Waals surface area contributed by atoms with Crippen LogP contribution in [0.1, 0.15) is 6.92 Å². The Morgan fingerprint density at radius 2 is 2.06 bits per heavy atom. The molecule has 2 aliphatic heterocycles. The quantitative estimate of drug-likeness (QED) is 0.772. The lowest BCUT2D eigenvalue weighted by molar-refractivity contribution is -0.112. The van der Waals surface area contributed by atoms with Crippen molar-refractivity contribution in [1.29, 1.82) is 0 Å². The van der Waals surface area contributed by atoms with E-state index in [2.05, 4.69) is 10.6 Å². The van der Waals surface area contributed by atoms with Crippen LogP contribution >= 0.6 is 0 Å². The Hall–Kier alpha value is -2.01. The highest BCUT2D eigenvalue weighted by molar-refractivity contribution is 6.04. The fraction of sp³-hybridized carbons (Fsp3) is 0.308. The van der Waals surface area contributed by atoms with Crippen LogP contribution in [-0.2, 0) is 4.79 Å². The lowest BCUT2D eigenvalue weighted by Gasteiger charge is -2.21. The zero-order valence-electron chi connectivity index (χ0n) is 10.1. The zero-order valence-corrected chi connectivity index (χ0v) is 10.1. The molecule has 5 heteroatoms. The average molecular weight is 246 g/mol. The molecule has 1 amide bonds. The van der Waals surface area contributed by atoms with Crippen molar-refractivity contribution in [1.82, 2.24) is 5.32 Å². The van der Waals surface area contributed by atoms with E-state index in [1.807, 2.05) is 13.0 Å². The summed E-state index contributed by atoms with van der Waals surface area (Å²) in [5.74, 6) is 1.32. The van der Waals surface area contributed by atoms with Crippen LogP contribution in [0.2, 0.25) is 0 Å². The molecule has 3 rings (SSSR count). The molecule has 94 valence electrons. The standard InChI is InChI=1S/C13H14N2O3/c1-8(9-5-14-6-9)13(16)15-10-2-3-11-12(4-10)18-7-17-11/h2-4,14H,5-7H2,1H3,(H,15,16). The smallest absolute Gasteiger partial charge is 0.251 e. The number of carbonyl (C=O) groups excluding carboxylic acids is 1. The molecule has 0 unspecified atom stereocenters. The third-order valence-corrected chi connectivity index (χ3v) is 3.18. The molecule has 0 radical (unpaired) electrons. The summed E-state index contributed by atoms with van der Waals surface area (Å²) in [7, 11) is 0. The molecule has 2 N–H and O–H groups in total. The third kappa shape index (κ3) is 1.93. The minimum atomic E-state index is -0.0645. The number of fused-ring (bicyclic) bond motifs is 1. The number of hydrogen-bond donors (Lipinski definition) is 2. The summed E-state index contributed by atoms with van der Waals surface area (Å²) < 4.78 is 10.5. The maximum Gasteiger partial charge on any atom is 0.251 e. The first-order valence-electron chi connectivity index (χ1n) is 5.84. The van der Waals surface area contributed by atoms with Gasteiger partial charge in [0.2, 0.25) is 6.79 Å². The van der Waals surface area contributed by atoms with Crippen LogP contribution < -0.4 is 20.1 Å². The van der Waals surface area contributed by atoms with E-state index in [9.17, 15) is 4.79 Å². The molecule has 5 nitrogen and oxygen atoms in total. The SMILES string of the molecule is CC(C(=O)Nc1ccc2c(c1)OCO2)=C1CNC1. The molecule has 1 fully saturated rings. The third-order valence-electron chi connectivity index (χ3n) is 3.18. The Bertz CT molecular complexity index is 531. The number of carbonyl (C=O) groups is 1. The van der Waals surface area contributed by atoms with Crippen LogP contribution in [0.15, 0.2) is 29.3 Å². The summed E-state index contributed by atoms with van der Waals surface area (Å²) in [6, 6.07) is 5.38. The maximum atomic E-state index is 12.0. The van der Waals surface area contributed by atoms with Gasteiger partial charge in [-0.05, 0) is 24.6 Å². The summed E-state index contributed by atoms with van der Waals surface area (Å²) in [5, 5.41) is 5.98. The number of benzene rings is 1. The van der Waals surface area contributed by atoms with Crippen molar-refractivity contribution >= 4 is 11.6 Å². The number of nitrogens with one attached hydrogen (secondary N) is 2. The van der Waals surface area contributed by atoms with Crippen LogP contribution in [0.4, 0.5) is 5.69 Å². The molecule has 0 aliphatic carbocycles. The number of anilines is 1. The van der Waals surface area contributed by atoms with E-state index in [1.165, 1.54) is 0 Å². The number of rotatable bonds is 2. The van der Waals surface area contributed by atoms with Crippen LogP contribution in [0, 0.1) is 0 Å². The number of amides is 1. The first-order valence-corrected chi connectivity index (χ1v) is 5.84. The lowest BCUT2D eigenvalue weighted by Crippen LogP contribution is -2.36. The van der Waals surface area contributed by atoms with E-state index in [4.69, 9.17) is 9.47 Å². The van der Waals surface area contributed by atoms with Crippen molar-refractivity contribution < 1.29 is 14.3 Å². The Morgan fingerprint density at radius 3 is 2.78 bits per heavy atom. The van der Waals surface area contributed by atoms with Gasteiger partial charge >= 0.3 is 0 Å². The van der Waals surface area contributed by atoms with Gasteiger partial charge in [-0.2, -0.15) is 0 Å². The molecule has 0 spiro atoms. The topological polar surface area (TPSA) is 59.6 Å². The van der Waals surface area contributed by atoms with Gasteiger partial charge in [0, 0.05) is 30.4 Å². The van der Waals surface area contributed by atoms with E-state index >= 15 is 0 Å². The summed E-state index contributed by atoms with van der Waals surface area (Å²) in [5.41, 5.74) is 2.66. The van der Waals surface area contributed by atoms with Crippen LogP contribution in [-0.4, -0.2) is 25.8 Å². The van der Waals surface area contributed by atoms with E-state index in [1.54, 1.807) is 12.1 Å². The average Bonchev–Trinajstić information content (AvgIpc) is 2.73. The van der Waals surface area contributed by atoms with Crippen molar-refractivity contribution in [2.45, 2.75) is 6.92 Å². The highest BCUT2D eigenvalue weighted by Gasteiger charge is 2.17. The van der Waals surface area contributed by atoms with Gasteiger partial charge < -0.3 is 20.1 Å². The predicted molar refractivity (Wildman–Crippen MR) is 66.8 cm³/mol. The summed E-state index contributed by atoms with van der Waals surface area (Å²) in [4.78, 5) is 12.0. The summed E-state index contributed by atoms with van der Waals surface area (Å²) >= 11 is 0. The molecular formula is C13H14N2O3. The zero-order chi connectivity index (χ0) is 12.5. The van der Waals surface area contributed by atoms with Gasteiger partial charge in [-0.1, -0.05) is 0 Å². The largest absolute Gasteiger partial charge is 0.454 e. The normalized spacial score (nSPS) is 16.2. The van der Waals surface area contributed by atoms with Crippen LogP contribution in [0.25, 0.3) is 0 Å². The molecule has 18 heavy (non-hydrogen) atoms. The van der Waals surface area contributed by atoms with E-state index < -0.39 is 0 Å². The fourth-order valence-electron chi connectivity index (χ4n) is 1.87. The summed E-state index contributed by atoms with van der Waals surface area (Å²) in [6.45, 7) is 3.70. The van der Waals surface area contributed by atoms with Gasteiger partial charge in [-0.3, -0.25) is 4.79 Å². The van der Waals surface area contributed by atoms with Crippen LogP contribution in [0.5, 0.6) is 11.5 Å². The number of ether oxygens (including phenoxy) is 2. The minimum absolute atomic E-state index is 0.0645. The molecule has 1 aromatic rings. The monoisotopic (exact) mass is 246 g/mol. The Kier molecular flexibility index (Phi) is 2.68. The number of hydrogen-bond acceptors (Lipinski definition) is 4. The maximum absolute atomic E-state index is 12.0. The van der Waals surface area contributed by atoms with Crippen molar-refractivity contribution in [3.8, 4) is 11.5 Å². The Balaban J connectivity index is 1.75. The van der Waals surface area contributed by atoms with Crippen LogP contribution in [0.3, 0.4) is 0 Å². The van der Waals surface area contributed by atoms with Gasteiger partial charge in [0.05, 0.1) is 0 Å². The molecule has 0 aromatic heterocycles. The van der Waals surface area contributed by atoms with Crippen molar-refractivity contribution in [3.05, 3.63) is 29.3 Å². The van der Waals surface area contributed by atoms with Crippen molar-refractivity contribution in [2.75, 3.05) is 25.2 Å². The molecule has 0 saturated carbocycles. The molecular weight excluding hydrogens is 232 g/mol. The first-order chi connectivity index (χ1) is 8.74. The first kappa shape index (κ1) is 11.1. The minimum Gasteiger partial charge on any atom is -0.454 e. The van der Waals surface area contributed by atoms with Gasteiger partial charge in [-0.15, -0.1) is 0 Å². The summed E-state index contributed by atoms with van der Waals surface area (Å²) in [6.07, 6.45) is 0.